The smallest absolute Gasteiger partial charge is 0.418 e. The molecule has 6 aliphatic heterocycles. The second-order valence-corrected chi connectivity index (χ2v) is 14.9. The lowest BCUT2D eigenvalue weighted by Crippen LogP contribution is -2.62. The number of likely N-dealkylation sites (tertiary alicyclic amines) is 1. The summed E-state index contributed by atoms with van der Waals surface area (Å²) in [5, 5.41) is 6.55. The highest BCUT2D eigenvalue weighted by Gasteiger charge is 2.41. The molecule has 1 aromatic heterocycles. The Bertz CT molecular complexity index is 1570. The molecule has 5 saturated heterocycles. The predicted octanol–water partition coefficient (Wildman–Crippen LogP) is 4.80. The molecule has 4 amide bonds. The number of nitrogens with zero attached hydrogens (tertiary/aromatic N) is 5. The highest BCUT2D eigenvalue weighted by atomic mass is 35.5. The third-order valence-electron chi connectivity index (χ3n) is 10.9. The Morgan fingerprint density at radius 3 is 2.37 bits per heavy atom. The zero-order valence-electron chi connectivity index (χ0n) is 27.1. The van der Waals surface area contributed by atoms with E-state index >= 15 is 0 Å². The molecular weight excluding hydrogens is 683 g/mol. The number of alkyl halides is 3. The molecule has 266 valence electrons. The first-order valence-corrected chi connectivity index (χ1v) is 18.2. The highest BCUT2D eigenvalue weighted by molar-refractivity contribution is 7.08. The van der Waals surface area contributed by atoms with E-state index in [0.29, 0.717) is 70.6 Å². The molecule has 8 rings (SSSR count). The first kappa shape index (κ1) is 34.2. The number of nitrogen functional groups attached to an aromatic ring is 1. The summed E-state index contributed by atoms with van der Waals surface area (Å²) in [6.45, 7) is 6.63. The van der Waals surface area contributed by atoms with E-state index in [1.54, 1.807) is 9.80 Å². The number of nitrogens with two attached hydrogens (primary N) is 1. The van der Waals surface area contributed by atoms with Crippen LogP contribution in [0.4, 0.5) is 34.1 Å². The van der Waals surface area contributed by atoms with Crippen LogP contribution in [0.25, 0.3) is 0 Å². The highest BCUT2D eigenvalue weighted by Crippen LogP contribution is 2.38. The molecule has 0 radical (unpaired) electrons. The summed E-state index contributed by atoms with van der Waals surface area (Å²) in [5.74, 6) is 0.204. The molecule has 2 aromatic rings. The van der Waals surface area contributed by atoms with Crippen LogP contribution >= 0.6 is 22.9 Å². The number of thiophene rings is 1. The van der Waals surface area contributed by atoms with Crippen LogP contribution in [0.5, 0.6) is 0 Å². The summed E-state index contributed by atoms with van der Waals surface area (Å²) in [4.78, 5) is 50.2. The van der Waals surface area contributed by atoms with Crippen LogP contribution in [0.1, 0.15) is 42.4 Å². The van der Waals surface area contributed by atoms with E-state index < -0.39 is 35.5 Å². The maximum Gasteiger partial charge on any atom is 0.418 e. The fourth-order valence-electron chi connectivity index (χ4n) is 8.09. The maximum absolute atomic E-state index is 14.0. The minimum absolute atomic E-state index is 0.0836. The van der Waals surface area contributed by atoms with Gasteiger partial charge in [-0.1, -0.05) is 11.6 Å². The van der Waals surface area contributed by atoms with Gasteiger partial charge in [0.25, 0.3) is 5.91 Å². The standard InChI is InChI=1S/C33H41ClF3N7O4S/c34-25-14-20(13-24(29(25)38)33(35,36)37)15-28(30(45)42-11-9-41(10-12-42)27-17-40-5-1-21(27)2-6-40)48-32(47)43-7-3-23(4-8-43)44-16-22-18-49-19-26(22)39-31(44)46/h13-14,18-19,21,23,27-28H,1-12,15-17,38H2,(H,39,46)/t27?,28-/m1/s1. The van der Waals surface area contributed by atoms with Crippen LogP contribution in [0.3, 0.4) is 0 Å². The molecule has 0 spiro atoms. The summed E-state index contributed by atoms with van der Waals surface area (Å²) >= 11 is 7.64. The molecule has 11 nitrogen and oxygen atoms in total. The molecule has 5 fully saturated rings. The zero-order valence-corrected chi connectivity index (χ0v) is 28.7. The van der Waals surface area contributed by atoms with Gasteiger partial charge in [-0.05, 0) is 67.8 Å². The molecule has 6 aliphatic rings. The van der Waals surface area contributed by atoms with Crippen molar-refractivity contribution in [2.45, 2.75) is 63.0 Å². The van der Waals surface area contributed by atoms with Crippen molar-refractivity contribution in [1.82, 2.24) is 24.5 Å². The van der Waals surface area contributed by atoms with Gasteiger partial charge in [0.15, 0.2) is 6.10 Å². The number of piperazine rings is 1. The van der Waals surface area contributed by atoms with Crippen LogP contribution in [0.2, 0.25) is 5.02 Å². The van der Waals surface area contributed by atoms with E-state index in [2.05, 4.69) is 15.1 Å². The number of anilines is 2. The van der Waals surface area contributed by atoms with Crippen molar-refractivity contribution in [3.63, 3.8) is 0 Å². The lowest BCUT2D eigenvalue weighted by molar-refractivity contribution is -0.143. The number of benzene rings is 1. The van der Waals surface area contributed by atoms with Crippen molar-refractivity contribution >= 4 is 52.3 Å². The Morgan fingerprint density at radius 2 is 1.71 bits per heavy atom. The Hall–Kier alpha value is -3.27. The van der Waals surface area contributed by atoms with E-state index in [1.165, 1.54) is 35.1 Å². The van der Waals surface area contributed by atoms with Crippen LogP contribution in [-0.2, 0) is 28.7 Å². The number of ether oxygens (including phenoxy) is 1. The summed E-state index contributed by atoms with van der Waals surface area (Å²) in [6, 6.07) is 2.36. The quantitative estimate of drug-likeness (QED) is 0.412. The van der Waals surface area contributed by atoms with Crippen molar-refractivity contribution in [3.05, 3.63) is 44.6 Å². The van der Waals surface area contributed by atoms with Gasteiger partial charge in [-0.2, -0.15) is 13.2 Å². The lowest BCUT2D eigenvalue weighted by atomic mass is 9.83. The van der Waals surface area contributed by atoms with Gasteiger partial charge in [0, 0.05) is 75.3 Å². The second kappa shape index (κ2) is 13.8. The fraction of sp³-hybridized carbons (Fsp3) is 0.606. The molecule has 2 atom stereocenters. The van der Waals surface area contributed by atoms with Gasteiger partial charge in [0.2, 0.25) is 0 Å². The van der Waals surface area contributed by atoms with Crippen molar-refractivity contribution in [2.24, 2.45) is 5.92 Å². The number of carbonyl (C=O) groups excluding carboxylic acids is 3. The molecule has 3 N–H and O–H groups in total. The minimum Gasteiger partial charge on any atom is -0.436 e. The van der Waals surface area contributed by atoms with E-state index in [4.69, 9.17) is 22.1 Å². The van der Waals surface area contributed by atoms with Crippen LogP contribution in [0.15, 0.2) is 22.9 Å². The number of amides is 4. The normalized spacial score (nSPS) is 25.6. The monoisotopic (exact) mass is 723 g/mol. The average molecular weight is 724 g/mol. The van der Waals surface area contributed by atoms with E-state index in [-0.39, 0.29) is 29.1 Å². The van der Waals surface area contributed by atoms with Gasteiger partial charge >= 0.3 is 18.3 Å². The number of hydrogen-bond acceptors (Lipinski definition) is 8. The SMILES string of the molecule is Nc1c(Cl)cc(C[C@@H](OC(=O)N2CCC(N3Cc4cscc4NC3=O)CC2)C(=O)N2CCN(C3CN4CCC3CC4)CC2)cc1C(F)(F)F. The predicted molar refractivity (Wildman–Crippen MR) is 179 cm³/mol. The number of fused-ring (bicyclic) bond motifs is 4. The Morgan fingerprint density at radius 1 is 1.00 bits per heavy atom. The fourth-order valence-corrected chi connectivity index (χ4v) is 9.12. The first-order valence-electron chi connectivity index (χ1n) is 16.9. The number of urea groups is 1. The molecule has 2 bridgehead atoms. The van der Waals surface area contributed by atoms with Crippen LogP contribution in [-0.4, -0.2) is 120 Å². The summed E-state index contributed by atoms with van der Waals surface area (Å²) in [6.07, 6.45) is -3.72. The van der Waals surface area contributed by atoms with Crippen LogP contribution < -0.4 is 11.1 Å². The van der Waals surface area contributed by atoms with Crippen LogP contribution in [0, 0.1) is 5.92 Å². The van der Waals surface area contributed by atoms with Crippen molar-refractivity contribution in [3.8, 4) is 0 Å². The van der Waals surface area contributed by atoms with Gasteiger partial charge in [-0.3, -0.25) is 9.69 Å². The van der Waals surface area contributed by atoms with Crippen molar-refractivity contribution in [2.75, 3.05) is 70.0 Å². The Balaban J connectivity index is 1.03. The topological polar surface area (TPSA) is 115 Å². The lowest BCUT2D eigenvalue weighted by Gasteiger charge is -2.51. The maximum atomic E-state index is 14.0. The molecule has 16 heteroatoms. The second-order valence-electron chi connectivity index (χ2n) is 13.8. The van der Waals surface area contributed by atoms with Gasteiger partial charge in [0.05, 0.1) is 28.5 Å². The third-order valence-corrected chi connectivity index (χ3v) is 12.0. The minimum atomic E-state index is -4.76. The number of piperidine rings is 4. The van der Waals surface area contributed by atoms with Crippen molar-refractivity contribution < 1.29 is 32.3 Å². The van der Waals surface area contributed by atoms with Gasteiger partial charge in [0.1, 0.15) is 0 Å². The molecular formula is C33H41ClF3N7O4S. The van der Waals surface area contributed by atoms with E-state index in [0.717, 1.165) is 37.0 Å². The summed E-state index contributed by atoms with van der Waals surface area (Å²) < 4.78 is 47.3. The van der Waals surface area contributed by atoms with Gasteiger partial charge < -0.3 is 35.4 Å². The first-order chi connectivity index (χ1) is 23.4. The van der Waals surface area contributed by atoms with Gasteiger partial charge in [-0.15, -0.1) is 11.3 Å². The van der Waals surface area contributed by atoms with Crippen molar-refractivity contribution in [1.29, 1.82) is 0 Å². The van der Waals surface area contributed by atoms with Gasteiger partial charge in [-0.25, -0.2) is 9.59 Å². The summed E-state index contributed by atoms with van der Waals surface area (Å²) in [7, 11) is 0. The third kappa shape index (κ3) is 7.17. The Labute approximate surface area is 292 Å². The molecule has 0 aliphatic carbocycles. The van der Waals surface area contributed by atoms with E-state index in [1.807, 2.05) is 10.8 Å². The molecule has 7 heterocycles. The number of carbonyl (C=O) groups is 3. The van der Waals surface area contributed by atoms with E-state index in [9.17, 15) is 27.6 Å². The average Bonchev–Trinajstić information content (AvgIpc) is 3.56. The number of rotatable bonds is 6. The molecule has 0 saturated carbocycles. The Kier molecular flexibility index (Phi) is 9.63. The zero-order chi connectivity index (χ0) is 34.4. The number of nitrogens with one attached hydrogen (secondary N) is 1. The number of halogens is 4. The molecule has 1 unspecified atom stereocenters. The summed E-state index contributed by atoms with van der Waals surface area (Å²) in [5.41, 5.74) is 5.93. The largest absolute Gasteiger partial charge is 0.436 e. The molecule has 1 aromatic carbocycles. The number of hydrogen-bond donors (Lipinski definition) is 2. The molecule has 49 heavy (non-hydrogen) atoms.